The molecule has 27 heavy (non-hydrogen) atoms. The molecule has 0 saturated heterocycles. The topological polar surface area (TPSA) is 93.5 Å². The van der Waals surface area contributed by atoms with Gasteiger partial charge in [0.2, 0.25) is 0 Å². The van der Waals surface area contributed by atoms with E-state index in [-0.39, 0.29) is 6.61 Å². The fourth-order valence-electron chi connectivity index (χ4n) is 3.14. The number of methoxy groups -OCH3 is 2. The van der Waals surface area contributed by atoms with Gasteiger partial charge in [0, 0.05) is 4.91 Å². The highest BCUT2D eigenvalue weighted by Crippen LogP contribution is 2.60. The fraction of sp³-hybridized carbons (Fsp3) is 0.250. The first-order chi connectivity index (χ1) is 13.1. The van der Waals surface area contributed by atoms with Crippen LogP contribution < -0.4 is 9.47 Å². The van der Waals surface area contributed by atoms with E-state index in [1.807, 2.05) is 24.3 Å². The van der Waals surface area contributed by atoms with Crippen molar-refractivity contribution >= 4 is 17.1 Å². The van der Waals surface area contributed by atoms with E-state index in [1.54, 1.807) is 45.4 Å². The predicted octanol–water partition coefficient (Wildman–Crippen LogP) is 4.24. The van der Waals surface area contributed by atoms with Crippen LogP contribution in [-0.2, 0) is 9.53 Å². The highest BCUT2D eigenvalue weighted by Gasteiger charge is 2.61. The van der Waals surface area contributed by atoms with Crippen LogP contribution in [-0.4, -0.2) is 32.3 Å². The number of nitrogens with zero attached hydrogens (tertiary/aromatic N) is 3. The average Bonchev–Trinajstić information content (AvgIpc) is 3.38. The van der Waals surface area contributed by atoms with Crippen molar-refractivity contribution in [3.63, 3.8) is 0 Å². The quantitative estimate of drug-likeness (QED) is 0.317. The summed E-state index contributed by atoms with van der Waals surface area (Å²) >= 11 is 0. The summed E-state index contributed by atoms with van der Waals surface area (Å²) < 4.78 is 15.6. The van der Waals surface area contributed by atoms with Gasteiger partial charge in [-0.15, -0.1) is 0 Å². The largest absolute Gasteiger partial charge is 0.497 e. The van der Waals surface area contributed by atoms with Gasteiger partial charge < -0.3 is 14.2 Å². The summed E-state index contributed by atoms with van der Waals surface area (Å²) in [6.07, 6.45) is 0. The van der Waals surface area contributed by atoms with Crippen molar-refractivity contribution in [1.82, 2.24) is 0 Å². The van der Waals surface area contributed by atoms with E-state index in [9.17, 15) is 4.79 Å². The van der Waals surface area contributed by atoms with E-state index >= 15 is 0 Å². The molecule has 138 valence electrons. The Kier molecular flexibility index (Phi) is 5.05. The molecular weight excluding hydrogens is 346 g/mol. The molecule has 7 heteroatoms. The molecule has 0 heterocycles. The number of rotatable bonds is 7. The number of esters is 1. The molecule has 0 amide bonds. The smallest absolute Gasteiger partial charge is 0.327 e. The average molecular weight is 365 g/mol. The SMILES string of the molecule is CCOC(=O)C1(N=[N+]=[N-])C(c2ccc(OC)cc2)=C1c1ccc(OC)cc1. The Morgan fingerprint density at radius 1 is 0.963 bits per heavy atom. The summed E-state index contributed by atoms with van der Waals surface area (Å²) in [6.45, 7) is 1.90. The maximum Gasteiger partial charge on any atom is 0.327 e. The summed E-state index contributed by atoms with van der Waals surface area (Å²) in [5.74, 6) is 0.799. The maximum atomic E-state index is 12.8. The zero-order valence-electron chi connectivity index (χ0n) is 15.3. The number of carbonyl (C=O) groups is 1. The van der Waals surface area contributed by atoms with Gasteiger partial charge in [0.05, 0.1) is 20.8 Å². The Labute approximate surface area is 156 Å². The molecule has 0 atom stereocenters. The lowest BCUT2D eigenvalue weighted by Crippen LogP contribution is -2.27. The van der Waals surface area contributed by atoms with E-state index < -0.39 is 11.5 Å². The molecule has 0 unspecified atom stereocenters. The second-order valence-corrected chi connectivity index (χ2v) is 5.83. The minimum atomic E-state index is -1.46. The summed E-state index contributed by atoms with van der Waals surface area (Å²) in [4.78, 5) is 15.7. The Morgan fingerprint density at radius 3 is 1.74 bits per heavy atom. The minimum absolute atomic E-state index is 0.188. The van der Waals surface area contributed by atoms with Crippen molar-refractivity contribution < 1.29 is 19.0 Å². The van der Waals surface area contributed by atoms with Gasteiger partial charge in [-0.2, -0.15) is 0 Å². The van der Waals surface area contributed by atoms with Gasteiger partial charge >= 0.3 is 5.97 Å². The van der Waals surface area contributed by atoms with Gasteiger partial charge in [-0.25, -0.2) is 0 Å². The molecule has 2 aromatic rings. The molecule has 0 bridgehead atoms. The zero-order valence-corrected chi connectivity index (χ0v) is 15.3. The van der Waals surface area contributed by atoms with E-state index in [2.05, 4.69) is 10.0 Å². The third kappa shape index (κ3) is 3.09. The lowest BCUT2D eigenvalue weighted by Gasteiger charge is -2.13. The number of ether oxygens (including phenoxy) is 3. The van der Waals surface area contributed by atoms with Crippen molar-refractivity contribution in [1.29, 1.82) is 0 Å². The Hall–Kier alpha value is -3.44. The monoisotopic (exact) mass is 365 g/mol. The Bertz CT molecular complexity index is 869. The van der Waals surface area contributed by atoms with Gasteiger partial charge in [-0.1, -0.05) is 29.4 Å². The third-order valence-electron chi connectivity index (χ3n) is 4.43. The molecule has 0 N–H and O–H groups in total. The second kappa shape index (κ2) is 7.43. The summed E-state index contributed by atoms with van der Waals surface area (Å²) in [5.41, 5.74) is 10.5. The molecule has 0 fully saturated rings. The molecule has 0 aliphatic heterocycles. The van der Waals surface area contributed by atoms with Gasteiger partial charge in [-0.05, 0) is 59.0 Å². The van der Waals surface area contributed by atoms with Crippen LogP contribution in [0.2, 0.25) is 0 Å². The molecule has 0 aromatic heterocycles. The van der Waals surface area contributed by atoms with Crippen molar-refractivity contribution in [3.8, 4) is 11.5 Å². The van der Waals surface area contributed by atoms with Crippen LogP contribution in [0.25, 0.3) is 21.6 Å². The van der Waals surface area contributed by atoms with E-state index in [4.69, 9.17) is 19.7 Å². The first-order valence-corrected chi connectivity index (χ1v) is 8.40. The molecule has 0 radical (unpaired) electrons. The van der Waals surface area contributed by atoms with Gasteiger partial charge in [-0.3, -0.25) is 4.79 Å². The highest BCUT2D eigenvalue weighted by molar-refractivity contribution is 6.31. The highest BCUT2D eigenvalue weighted by atomic mass is 16.5. The summed E-state index contributed by atoms with van der Waals surface area (Å²) in [5, 5.41) is 3.86. The first-order valence-electron chi connectivity index (χ1n) is 8.40. The van der Waals surface area contributed by atoms with Crippen molar-refractivity contribution in [3.05, 3.63) is 70.1 Å². The normalized spacial score (nSPS) is 14.2. The van der Waals surface area contributed by atoms with Gasteiger partial charge in [0.1, 0.15) is 11.5 Å². The molecular formula is C20H19N3O4. The van der Waals surface area contributed by atoms with Crippen molar-refractivity contribution in [2.24, 2.45) is 5.11 Å². The van der Waals surface area contributed by atoms with Gasteiger partial charge in [0.15, 0.2) is 5.54 Å². The number of carbonyl (C=O) groups excluding carboxylic acids is 1. The summed E-state index contributed by atoms with van der Waals surface area (Å²) in [7, 11) is 3.16. The fourth-order valence-corrected chi connectivity index (χ4v) is 3.14. The first kappa shape index (κ1) is 18.4. The van der Waals surface area contributed by atoms with Gasteiger partial charge in [0.25, 0.3) is 0 Å². The van der Waals surface area contributed by atoms with Crippen LogP contribution >= 0.6 is 0 Å². The number of hydrogen-bond acceptors (Lipinski definition) is 5. The van der Waals surface area contributed by atoms with Crippen LogP contribution in [0.5, 0.6) is 11.5 Å². The zero-order chi connectivity index (χ0) is 19.4. The van der Waals surface area contributed by atoms with Crippen molar-refractivity contribution in [2.75, 3.05) is 20.8 Å². The minimum Gasteiger partial charge on any atom is -0.497 e. The maximum absolute atomic E-state index is 12.8. The number of benzene rings is 2. The second-order valence-electron chi connectivity index (χ2n) is 5.83. The number of hydrogen-bond donors (Lipinski definition) is 0. The molecule has 0 spiro atoms. The standard InChI is InChI=1S/C20H19N3O4/c1-4-27-19(24)20(22-23-21)17(13-5-9-15(25-2)10-6-13)18(20)14-7-11-16(26-3)12-8-14/h5-12H,4H2,1-3H3. The van der Waals surface area contributed by atoms with Crippen LogP contribution in [0, 0.1) is 0 Å². The van der Waals surface area contributed by atoms with Crippen LogP contribution in [0.15, 0.2) is 53.6 Å². The van der Waals surface area contributed by atoms with Crippen LogP contribution in [0.1, 0.15) is 18.1 Å². The summed E-state index contributed by atoms with van der Waals surface area (Å²) in [6, 6.07) is 14.5. The molecule has 7 nitrogen and oxygen atoms in total. The Balaban J connectivity index is 2.13. The third-order valence-corrected chi connectivity index (χ3v) is 4.43. The van der Waals surface area contributed by atoms with Crippen LogP contribution in [0.4, 0.5) is 0 Å². The molecule has 1 aliphatic rings. The Morgan fingerprint density at radius 2 is 1.41 bits per heavy atom. The van der Waals surface area contributed by atoms with E-state index in [0.717, 1.165) is 11.1 Å². The van der Waals surface area contributed by atoms with Crippen molar-refractivity contribution in [2.45, 2.75) is 12.5 Å². The lowest BCUT2D eigenvalue weighted by molar-refractivity contribution is -0.144. The van der Waals surface area contributed by atoms with Crippen LogP contribution in [0.3, 0.4) is 0 Å². The molecule has 2 aromatic carbocycles. The number of azide groups is 1. The van der Waals surface area contributed by atoms with E-state index in [0.29, 0.717) is 22.6 Å². The lowest BCUT2D eigenvalue weighted by atomic mass is 10.0. The predicted molar refractivity (Wildman–Crippen MR) is 101 cm³/mol. The molecule has 3 rings (SSSR count). The molecule has 0 saturated carbocycles. The van der Waals surface area contributed by atoms with E-state index in [1.165, 1.54) is 0 Å². The molecule has 1 aliphatic carbocycles.